The normalized spacial score (nSPS) is 23.9. The van der Waals surface area contributed by atoms with Crippen LogP contribution in [0.3, 0.4) is 0 Å². The summed E-state index contributed by atoms with van der Waals surface area (Å²) in [5.41, 5.74) is 9.19. The average Bonchev–Trinajstić information content (AvgIpc) is 2.79. The summed E-state index contributed by atoms with van der Waals surface area (Å²) in [5, 5.41) is 0. The Kier molecular flexibility index (Phi) is 2.59. The van der Waals surface area contributed by atoms with Crippen LogP contribution in [0.2, 0.25) is 0 Å². The molecule has 2 rings (SSSR count). The minimum atomic E-state index is 0.862. The first-order valence-corrected chi connectivity index (χ1v) is 5.64. The van der Waals surface area contributed by atoms with Gasteiger partial charge >= 0.3 is 0 Å². The van der Waals surface area contributed by atoms with Crippen LogP contribution >= 0.6 is 0 Å². The minimum Gasteiger partial charge on any atom is -0.399 e. The number of anilines is 2. The number of aryl methyl sites for hydroxylation is 1. The van der Waals surface area contributed by atoms with Crippen molar-refractivity contribution in [3.8, 4) is 0 Å². The highest BCUT2D eigenvalue weighted by Crippen LogP contribution is 2.38. The van der Waals surface area contributed by atoms with Crippen LogP contribution in [0.4, 0.5) is 11.4 Å². The number of rotatable bonds is 3. The van der Waals surface area contributed by atoms with Crippen molar-refractivity contribution in [2.45, 2.75) is 20.3 Å². The zero-order chi connectivity index (χ0) is 11.0. The Morgan fingerprint density at radius 1 is 1.40 bits per heavy atom. The van der Waals surface area contributed by atoms with Gasteiger partial charge in [0.2, 0.25) is 0 Å². The molecule has 0 aromatic heterocycles. The molecule has 1 aliphatic rings. The molecule has 0 saturated heterocycles. The lowest BCUT2D eigenvalue weighted by atomic mass is 10.2. The lowest BCUT2D eigenvalue weighted by molar-refractivity contribution is 0.725. The standard InChI is InChI=1S/C13H20N2/c1-9-4-12(14)7-13(5-9)15(3)8-11-6-10(11)2/h4-5,7,10-11H,6,8,14H2,1-3H3. The van der Waals surface area contributed by atoms with E-state index in [-0.39, 0.29) is 0 Å². The summed E-state index contributed by atoms with van der Waals surface area (Å²) in [6, 6.07) is 6.26. The molecule has 1 aliphatic carbocycles. The molecule has 0 heterocycles. The van der Waals surface area contributed by atoms with Gasteiger partial charge < -0.3 is 10.6 Å². The highest BCUT2D eigenvalue weighted by molar-refractivity contribution is 5.58. The molecule has 2 nitrogen and oxygen atoms in total. The first-order chi connectivity index (χ1) is 7.06. The van der Waals surface area contributed by atoms with Crippen molar-refractivity contribution in [2.24, 2.45) is 11.8 Å². The first-order valence-electron chi connectivity index (χ1n) is 5.64. The van der Waals surface area contributed by atoms with Gasteiger partial charge in [0.1, 0.15) is 0 Å². The fourth-order valence-corrected chi connectivity index (χ4v) is 2.12. The van der Waals surface area contributed by atoms with Crippen molar-refractivity contribution in [1.29, 1.82) is 0 Å². The van der Waals surface area contributed by atoms with Crippen LogP contribution in [0, 0.1) is 18.8 Å². The van der Waals surface area contributed by atoms with Crippen LogP contribution in [0.15, 0.2) is 18.2 Å². The second-order valence-electron chi connectivity index (χ2n) is 4.96. The smallest absolute Gasteiger partial charge is 0.0387 e. The molecule has 2 unspecified atom stereocenters. The van der Waals surface area contributed by atoms with E-state index in [0.29, 0.717) is 0 Å². The summed E-state index contributed by atoms with van der Waals surface area (Å²) in [6.45, 7) is 5.57. The van der Waals surface area contributed by atoms with Gasteiger partial charge in [-0.05, 0) is 48.9 Å². The lowest BCUT2D eigenvalue weighted by Gasteiger charge is -2.20. The quantitative estimate of drug-likeness (QED) is 0.767. The molecule has 1 aromatic rings. The zero-order valence-electron chi connectivity index (χ0n) is 9.83. The van der Waals surface area contributed by atoms with Crippen molar-refractivity contribution in [3.63, 3.8) is 0 Å². The summed E-state index contributed by atoms with van der Waals surface area (Å²) in [6.07, 6.45) is 1.38. The number of hydrogen-bond donors (Lipinski definition) is 1. The van der Waals surface area contributed by atoms with E-state index in [4.69, 9.17) is 5.73 Å². The van der Waals surface area contributed by atoms with Crippen LogP contribution in [-0.4, -0.2) is 13.6 Å². The van der Waals surface area contributed by atoms with Gasteiger partial charge in [0.15, 0.2) is 0 Å². The summed E-state index contributed by atoms with van der Waals surface area (Å²) >= 11 is 0. The molecule has 0 aliphatic heterocycles. The Morgan fingerprint density at radius 2 is 2.07 bits per heavy atom. The van der Waals surface area contributed by atoms with Crippen LogP contribution in [0.25, 0.3) is 0 Å². The molecule has 15 heavy (non-hydrogen) atoms. The van der Waals surface area contributed by atoms with Gasteiger partial charge in [-0.1, -0.05) is 6.92 Å². The Labute approximate surface area is 92.1 Å². The highest BCUT2D eigenvalue weighted by atomic mass is 15.1. The molecule has 1 fully saturated rings. The lowest BCUT2D eigenvalue weighted by Crippen LogP contribution is -2.20. The summed E-state index contributed by atoms with van der Waals surface area (Å²) < 4.78 is 0. The van der Waals surface area contributed by atoms with E-state index in [9.17, 15) is 0 Å². The summed E-state index contributed by atoms with van der Waals surface area (Å²) in [4.78, 5) is 2.32. The van der Waals surface area contributed by atoms with Gasteiger partial charge in [0.05, 0.1) is 0 Å². The monoisotopic (exact) mass is 204 g/mol. The zero-order valence-corrected chi connectivity index (χ0v) is 9.83. The maximum absolute atomic E-state index is 5.84. The Balaban J connectivity index is 2.07. The van der Waals surface area contributed by atoms with E-state index in [1.165, 1.54) is 17.7 Å². The summed E-state index contributed by atoms with van der Waals surface area (Å²) in [5.74, 6) is 1.80. The molecule has 2 atom stereocenters. The number of nitrogens with zero attached hydrogens (tertiary/aromatic N) is 1. The predicted molar refractivity (Wildman–Crippen MR) is 66.1 cm³/mol. The van der Waals surface area contributed by atoms with Crippen LogP contribution < -0.4 is 10.6 Å². The van der Waals surface area contributed by atoms with E-state index in [0.717, 1.165) is 24.1 Å². The molecule has 0 spiro atoms. The van der Waals surface area contributed by atoms with E-state index in [1.54, 1.807) is 0 Å². The molecule has 82 valence electrons. The topological polar surface area (TPSA) is 29.3 Å². The van der Waals surface area contributed by atoms with Crippen molar-refractivity contribution >= 4 is 11.4 Å². The number of hydrogen-bond acceptors (Lipinski definition) is 2. The van der Waals surface area contributed by atoms with Gasteiger partial charge in [-0.15, -0.1) is 0 Å². The fraction of sp³-hybridized carbons (Fsp3) is 0.538. The molecular weight excluding hydrogens is 184 g/mol. The molecule has 0 amide bonds. The number of nitrogen functional groups attached to an aromatic ring is 1. The minimum absolute atomic E-state index is 0.862. The van der Waals surface area contributed by atoms with Crippen molar-refractivity contribution < 1.29 is 0 Å². The van der Waals surface area contributed by atoms with Crippen molar-refractivity contribution in [1.82, 2.24) is 0 Å². The van der Waals surface area contributed by atoms with Gasteiger partial charge in [-0.3, -0.25) is 0 Å². The van der Waals surface area contributed by atoms with Crippen LogP contribution in [0.1, 0.15) is 18.9 Å². The molecule has 0 bridgehead atoms. The first kappa shape index (κ1) is 10.3. The van der Waals surface area contributed by atoms with E-state index in [2.05, 4.69) is 37.9 Å². The third-order valence-corrected chi connectivity index (χ3v) is 3.31. The average molecular weight is 204 g/mol. The second-order valence-corrected chi connectivity index (χ2v) is 4.96. The maximum Gasteiger partial charge on any atom is 0.0387 e. The number of benzene rings is 1. The molecule has 1 aromatic carbocycles. The molecule has 0 radical (unpaired) electrons. The molecular formula is C13H20N2. The van der Waals surface area contributed by atoms with Gasteiger partial charge in [0.25, 0.3) is 0 Å². The SMILES string of the molecule is Cc1cc(N)cc(N(C)CC2CC2C)c1. The molecule has 2 N–H and O–H groups in total. The fourth-order valence-electron chi connectivity index (χ4n) is 2.12. The van der Waals surface area contributed by atoms with Gasteiger partial charge in [0, 0.05) is 25.0 Å². The predicted octanol–water partition coefficient (Wildman–Crippen LogP) is 2.67. The molecule has 1 saturated carbocycles. The Morgan fingerprint density at radius 3 is 2.60 bits per heavy atom. The van der Waals surface area contributed by atoms with E-state index >= 15 is 0 Å². The molecule has 2 heteroatoms. The Hall–Kier alpha value is -1.18. The van der Waals surface area contributed by atoms with E-state index in [1.807, 2.05) is 6.07 Å². The third kappa shape index (κ3) is 2.44. The largest absolute Gasteiger partial charge is 0.399 e. The van der Waals surface area contributed by atoms with Gasteiger partial charge in [-0.25, -0.2) is 0 Å². The highest BCUT2D eigenvalue weighted by Gasteiger charge is 2.33. The summed E-state index contributed by atoms with van der Waals surface area (Å²) in [7, 11) is 2.15. The van der Waals surface area contributed by atoms with E-state index < -0.39 is 0 Å². The third-order valence-electron chi connectivity index (χ3n) is 3.31. The van der Waals surface area contributed by atoms with Crippen molar-refractivity contribution in [2.75, 3.05) is 24.2 Å². The van der Waals surface area contributed by atoms with Crippen molar-refractivity contribution in [3.05, 3.63) is 23.8 Å². The van der Waals surface area contributed by atoms with Gasteiger partial charge in [-0.2, -0.15) is 0 Å². The van der Waals surface area contributed by atoms with Crippen LogP contribution in [-0.2, 0) is 0 Å². The Bertz CT molecular complexity index is 339. The van der Waals surface area contributed by atoms with Crippen LogP contribution in [0.5, 0.6) is 0 Å². The second kappa shape index (κ2) is 3.76. The number of nitrogens with two attached hydrogens (primary N) is 1. The maximum atomic E-state index is 5.84.